The summed E-state index contributed by atoms with van der Waals surface area (Å²) in [5.74, 6) is 1.10. The number of fused-ring (bicyclic) bond motifs is 1. The fourth-order valence-electron chi connectivity index (χ4n) is 3.44. The van der Waals surface area contributed by atoms with Crippen LogP contribution in [0, 0.1) is 0 Å². The predicted molar refractivity (Wildman–Crippen MR) is 107 cm³/mol. The summed E-state index contributed by atoms with van der Waals surface area (Å²) in [6, 6.07) is 1.79. The lowest BCUT2D eigenvalue weighted by Crippen LogP contribution is -2.38. The number of aromatic nitrogens is 5. The zero-order valence-electron chi connectivity index (χ0n) is 16.1. The SMILES string of the molecule is CS(C)(=O)=NC1CCCN(c2ccnc(-c3cnc4cnc(C(F)F)cn34)n2)C1. The lowest BCUT2D eigenvalue weighted by atomic mass is 10.1. The minimum atomic E-state index is -2.68. The number of hydrogen-bond donors (Lipinski definition) is 0. The maximum Gasteiger partial charge on any atom is 0.281 e. The first kappa shape index (κ1) is 19.6. The molecule has 8 nitrogen and oxygen atoms in total. The van der Waals surface area contributed by atoms with E-state index in [0.29, 0.717) is 29.5 Å². The van der Waals surface area contributed by atoms with Crippen LogP contribution in [0.4, 0.5) is 14.6 Å². The van der Waals surface area contributed by atoms with Crippen LogP contribution in [-0.4, -0.2) is 60.2 Å². The standard InChI is InChI=1S/C18H21F2N7OS/c1-29(2,28)25-12-4-3-7-26(10-12)15-5-6-21-18(24-15)14-8-23-16-9-22-13(17(19)20)11-27(14)16/h5-6,8-9,11-12,17H,3-4,7,10H2,1-2H3. The van der Waals surface area contributed by atoms with Gasteiger partial charge in [-0.05, 0) is 18.9 Å². The normalized spacial score (nSPS) is 17.8. The first-order chi connectivity index (χ1) is 13.8. The molecule has 0 bridgehead atoms. The molecule has 3 aromatic heterocycles. The van der Waals surface area contributed by atoms with Crippen molar-refractivity contribution < 1.29 is 13.0 Å². The molecular formula is C18H21F2N7OS. The monoisotopic (exact) mass is 421 g/mol. The molecule has 1 aliphatic heterocycles. The van der Waals surface area contributed by atoms with Gasteiger partial charge in [-0.3, -0.25) is 8.61 Å². The van der Waals surface area contributed by atoms with Crippen LogP contribution in [0.1, 0.15) is 25.0 Å². The first-order valence-corrected chi connectivity index (χ1v) is 11.5. The van der Waals surface area contributed by atoms with Gasteiger partial charge in [0.1, 0.15) is 17.2 Å². The average Bonchev–Trinajstić information content (AvgIpc) is 3.10. The summed E-state index contributed by atoms with van der Waals surface area (Å²) < 4.78 is 44.0. The van der Waals surface area contributed by atoms with Gasteiger partial charge in [0.25, 0.3) is 6.43 Å². The molecule has 1 unspecified atom stereocenters. The maximum absolute atomic E-state index is 13.0. The topological polar surface area (TPSA) is 88.6 Å². The third-order valence-corrected chi connectivity index (χ3v) is 5.44. The van der Waals surface area contributed by atoms with Crippen molar-refractivity contribution in [1.82, 2.24) is 24.3 Å². The van der Waals surface area contributed by atoms with Gasteiger partial charge in [-0.25, -0.2) is 33.1 Å². The molecule has 154 valence electrons. The van der Waals surface area contributed by atoms with E-state index in [-0.39, 0.29) is 11.7 Å². The molecule has 1 atom stereocenters. The first-order valence-electron chi connectivity index (χ1n) is 9.16. The second-order valence-corrected chi connectivity index (χ2v) is 9.83. The lowest BCUT2D eigenvalue weighted by Gasteiger charge is -2.31. The number of hydrogen-bond acceptors (Lipinski definition) is 7. The lowest BCUT2D eigenvalue weighted by molar-refractivity contribution is 0.145. The summed E-state index contributed by atoms with van der Waals surface area (Å²) in [6.07, 6.45) is 8.16. The van der Waals surface area contributed by atoms with Crippen LogP contribution in [0.2, 0.25) is 0 Å². The van der Waals surface area contributed by atoms with Crippen molar-refractivity contribution in [2.75, 3.05) is 30.5 Å². The largest absolute Gasteiger partial charge is 0.354 e. The van der Waals surface area contributed by atoms with Crippen molar-refractivity contribution in [3.05, 3.63) is 36.5 Å². The van der Waals surface area contributed by atoms with Gasteiger partial charge in [-0.15, -0.1) is 0 Å². The zero-order chi connectivity index (χ0) is 20.6. The Morgan fingerprint density at radius 2 is 2.07 bits per heavy atom. The van der Waals surface area contributed by atoms with Crippen molar-refractivity contribution in [1.29, 1.82) is 0 Å². The van der Waals surface area contributed by atoms with E-state index in [1.54, 1.807) is 31.0 Å². The van der Waals surface area contributed by atoms with E-state index in [2.05, 4.69) is 29.2 Å². The zero-order valence-corrected chi connectivity index (χ0v) is 16.9. The summed E-state index contributed by atoms with van der Waals surface area (Å²) >= 11 is 0. The van der Waals surface area contributed by atoms with Crippen LogP contribution in [0.15, 0.2) is 35.2 Å². The fourth-order valence-corrected chi connectivity index (χ4v) is 4.33. The van der Waals surface area contributed by atoms with Crippen LogP contribution < -0.4 is 4.90 Å². The number of anilines is 1. The van der Waals surface area contributed by atoms with Gasteiger partial charge in [-0.2, -0.15) is 0 Å². The van der Waals surface area contributed by atoms with Crippen LogP contribution in [0.3, 0.4) is 0 Å². The second-order valence-electron chi connectivity index (χ2n) is 7.25. The quantitative estimate of drug-likeness (QED) is 0.644. The van der Waals surface area contributed by atoms with Crippen LogP contribution in [-0.2, 0) is 9.73 Å². The van der Waals surface area contributed by atoms with Gasteiger partial charge in [0, 0.05) is 47.7 Å². The molecule has 4 heterocycles. The van der Waals surface area contributed by atoms with E-state index in [1.807, 2.05) is 0 Å². The van der Waals surface area contributed by atoms with Gasteiger partial charge >= 0.3 is 0 Å². The number of nitrogens with zero attached hydrogens (tertiary/aromatic N) is 7. The number of alkyl halides is 2. The van der Waals surface area contributed by atoms with Crippen LogP contribution in [0.5, 0.6) is 0 Å². The van der Waals surface area contributed by atoms with Crippen molar-refractivity contribution in [3.63, 3.8) is 0 Å². The van der Waals surface area contributed by atoms with Crippen LogP contribution in [0.25, 0.3) is 17.2 Å². The van der Waals surface area contributed by atoms with Crippen LogP contribution >= 0.6 is 0 Å². The summed E-state index contributed by atoms with van der Waals surface area (Å²) in [4.78, 5) is 18.9. The van der Waals surface area contributed by atoms with E-state index >= 15 is 0 Å². The summed E-state index contributed by atoms with van der Waals surface area (Å²) in [5, 5.41) is 0. The number of imidazole rings is 1. The second kappa shape index (κ2) is 7.62. The highest BCUT2D eigenvalue weighted by molar-refractivity contribution is 7.92. The van der Waals surface area contributed by atoms with Crippen molar-refractivity contribution in [2.45, 2.75) is 25.3 Å². The van der Waals surface area contributed by atoms with Crippen molar-refractivity contribution in [3.8, 4) is 11.5 Å². The molecule has 1 fully saturated rings. The predicted octanol–water partition coefficient (Wildman–Crippen LogP) is 2.82. The highest BCUT2D eigenvalue weighted by Gasteiger charge is 2.22. The number of halogens is 2. The molecule has 0 aliphatic carbocycles. The molecule has 0 radical (unpaired) electrons. The Morgan fingerprint density at radius 1 is 1.24 bits per heavy atom. The highest BCUT2D eigenvalue weighted by atomic mass is 32.2. The van der Waals surface area contributed by atoms with E-state index in [1.165, 1.54) is 16.8 Å². The third-order valence-electron chi connectivity index (χ3n) is 4.63. The van der Waals surface area contributed by atoms with Gasteiger partial charge in [-0.1, -0.05) is 0 Å². The Kier molecular flexibility index (Phi) is 5.15. The summed E-state index contributed by atoms with van der Waals surface area (Å²) in [5.41, 5.74) is 0.613. The average molecular weight is 421 g/mol. The summed E-state index contributed by atoms with van der Waals surface area (Å²) in [6.45, 7) is 1.44. The van der Waals surface area contributed by atoms with Gasteiger partial charge in [0.05, 0.1) is 18.4 Å². The van der Waals surface area contributed by atoms with Gasteiger partial charge in [0.2, 0.25) is 0 Å². The van der Waals surface area contributed by atoms with E-state index in [4.69, 9.17) is 0 Å². The minimum absolute atomic E-state index is 0.0138. The minimum Gasteiger partial charge on any atom is -0.354 e. The molecule has 11 heteroatoms. The molecule has 1 aliphatic rings. The Bertz CT molecular complexity index is 1150. The molecule has 1 saturated heterocycles. The molecule has 4 rings (SSSR count). The maximum atomic E-state index is 13.0. The third kappa shape index (κ3) is 4.34. The Balaban J connectivity index is 1.67. The Morgan fingerprint density at radius 3 is 2.83 bits per heavy atom. The Hall–Kier alpha value is -2.69. The molecule has 0 spiro atoms. The van der Waals surface area contributed by atoms with E-state index in [0.717, 1.165) is 19.4 Å². The van der Waals surface area contributed by atoms with Crippen molar-refractivity contribution in [2.24, 2.45) is 4.36 Å². The highest BCUT2D eigenvalue weighted by Crippen LogP contribution is 2.24. The molecular weight excluding hydrogens is 400 g/mol. The molecule has 0 N–H and O–H groups in total. The van der Waals surface area contributed by atoms with Gasteiger partial charge in [0.15, 0.2) is 11.5 Å². The Labute approximate surface area is 167 Å². The molecule has 29 heavy (non-hydrogen) atoms. The number of piperidine rings is 1. The molecule has 0 amide bonds. The van der Waals surface area contributed by atoms with Gasteiger partial charge < -0.3 is 4.90 Å². The molecule has 0 aromatic carbocycles. The number of rotatable bonds is 4. The molecule has 3 aromatic rings. The summed E-state index contributed by atoms with van der Waals surface area (Å²) in [7, 11) is -2.17. The smallest absolute Gasteiger partial charge is 0.281 e. The van der Waals surface area contributed by atoms with E-state index in [9.17, 15) is 13.0 Å². The van der Waals surface area contributed by atoms with E-state index < -0.39 is 16.2 Å². The molecule has 0 saturated carbocycles. The van der Waals surface area contributed by atoms with Crippen molar-refractivity contribution >= 4 is 21.2 Å². The fraction of sp³-hybridized carbons (Fsp3) is 0.444.